The van der Waals surface area contributed by atoms with Gasteiger partial charge in [-0.3, -0.25) is 35.0 Å². The van der Waals surface area contributed by atoms with Gasteiger partial charge >= 0.3 is 0 Å². The van der Waals surface area contributed by atoms with Gasteiger partial charge in [0.2, 0.25) is 0 Å². The average Bonchev–Trinajstić information content (AvgIpc) is 1.34. The number of nitriles is 1. The molecule has 3 aliphatic heterocycles. The quantitative estimate of drug-likeness (QED) is 0.0232. The Morgan fingerprint density at radius 1 is 0.611 bits per heavy atom. The number of ether oxygens (including phenoxy) is 11. The predicted molar refractivity (Wildman–Crippen MR) is 334 cm³/mol. The van der Waals surface area contributed by atoms with Crippen LogP contribution in [0.5, 0.6) is 63.2 Å². The van der Waals surface area contributed by atoms with Gasteiger partial charge in [-0.25, -0.2) is 0 Å². The molecule has 0 amide bonds. The number of anilines is 1. The molecule has 7 aromatic carbocycles. The molecule has 0 radical (unpaired) electrons. The van der Waals surface area contributed by atoms with Crippen LogP contribution in [-0.2, 0) is 14.2 Å². The number of nitrogen functional groups attached to an aromatic ring is 1. The summed E-state index contributed by atoms with van der Waals surface area (Å²) in [6.45, 7) is 8.73. The van der Waals surface area contributed by atoms with E-state index in [1.54, 1.807) is 87.0 Å². The number of nitrogens with zero attached hydrogens (tertiary/aromatic N) is 6. The van der Waals surface area contributed by atoms with Crippen molar-refractivity contribution in [3.05, 3.63) is 195 Å². The molecule has 4 heterocycles. The average molecular weight is 1250 g/mol. The normalized spacial score (nSPS) is 15.0. The number of nitro benzene ring substituents is 2. The lowest BCUT2D eigenvalue weighted by molar-refractivity contribution is -0.385. The molecule has 3 atom stereocenters. The minimum absolute atomic E-state index is 0.00174. The number of morpholine rings is 2. The molecule has 90 heavy (non-hydrogen) atoms. The van der Waals surface area contributed by atoms with Crippen LogP contribution < -0.4 is 43.6 Å². The Kier molecular flexibility index (Phi) is 25.3. The number of rotatable bonds is 23. The Labute approximate surface area is 524 Å². The van der Waals surface area contributed by atoms with Crippen LogP contribution in [0.25, 0.3) is 10.9 Å². The fourth-order valence-electron chi connectivity index (χ4n) is 8.70. The summed E-state index contributed by atoms with van der Waals surface area (Å²) in [6, 6.07) is 46.1. The summed E-state index contributed by atoms with van der Waals surface area (Å²) in [7, 11) is 3.09. The first-order valence-electron chi connectivity index (χ1n) is 28.5. The van der Waals surface area contributed by atoms with Crippen LogP contribution in [0.4, 0.5) is 17.1 Å². The molecule has 0 saturated carbocycles. The molecular formula is C65H68ClN7O17. The first-order chi connectivity index (χ1) is 43.7. The minimum atomic E-state index is -0.629. The lowest BCUT2D eigenvalue weighted by atomic mass is 10.1. The number of epoxide rings is 1. The molecule has 3 fully saturated rings. The Bertz CT molecular complexity index is 3610. The number of aliphatic hydroxyl groups excluding tert-OH is 2. The molecule has 4 N–H and O–H groups in total. The maximum absolute atomic E-state index is 10.7. The summed E-state index contributed by atoms with van der Waals surface area (Å²) in [5.41, 5.74) is 7.39. The highest BCUT2D eigenvalue weighted by Gasteiger charge is 2.24. The van der Waals surface area contributed by atoms with E-state index in [2.05, 4.69) is 14.8 Å². The number of nitro groups is 2. The smallest absolute Gasteiger partial charge is 0.269 e. The molecule has 8 aromatic rings. The molecule has 0 aliphatic carbocycles. The molecule has 1 aromatic heterocycles. The zero-order valence-electron chi connectivity index (χ0n) is 49.4. The van der Waals surface area contributed by atoms with Gasteiger partial charge in [-0.15, -0.1) is 0 Å². The van der Waals surface area contributed by atoms with Gasteiger partial charge in [0.25, 0.3) is 11.4 Å². The number of aromatic nitrogens is 1. The van der Waals surface area contributed by atoms with E-state index in [1.807, 2.05) is 54.6 Å². The number of non-ortho nitro benzene ring substituents is 2. The Morgan fingerprint density at radius 3 is 1.39 bits per heavy atom. The van der Waals surface area contributed by atoms with Gasteiger partial charge in [-0.2, -0.15) is 5.26 Å². The molecule has 24 nitrogen and oxygen atoms in total. The second-order valence-corrected chi connectivity index (χ2v) is 20.4. The van der Waals surface area contributed by atoms with Crippen molar-refractivity contribution in [1.29, 1.82) is 5.26 Å². The summed E-state index contributed by atoms with van der Waals surface area (Å²) in [6.07, 6.45) is 0.409. The summed E-state index contributed by atoms with van der Waals surface area (Å²) in [5, 5.41) is 51.7. The van der Waals surface area contributed by atoms with Crippen LogP contribution in [0.15, 0.2) is 164 Å². The highest BCUT2D eigenvalue weighted by molar-refractivity contribution is 6.36. The van der Waals surface area contributed by atoms with Crippen LogP contribution in [0.3, 0.4) is 0 Å². The van der Waals surface area contributed by atoms with Gasteiger partial charge in [-0.1, -0.05) is 48.0 Å². The SMILES string of the molecule is COc1cc2ncc(C#N)c(Cl)c2cc1OC.Nc1ccc(Oc2ccccc2OCC(O)CN2CCOCC2)cc1.O=[N+]([O-])c1ccc(Oc2ccccc2OCC(O)CN2CCOCC2)cc1.O=[N+]([O-])c1ccc(Oc2ccccc2OCC2CO2)cc1. The highest BCUT2D eigenvalue weighted by Crippen LogP contribution is 2.37. The standard InChI is InChI=1S/C19H22N2O6.C19H24N2O4.C15H13NO5.C12H9ClN2O2/c22-16(13-20-9-11-25-12-10-20)14-26-18-3-1-2-4-19(18)27-17-7-5-15(6-8-17)21(23)24;20-15-5-7-17(8-6-15)25-19-4-2-1-3-18(19)24-14-16(22)13-21-9-11-23-12-10-21;17-16(18)11-5-7-12(8-6-11)21-15-4-2-1-3-14(15)20-10-13-9-19-13;1-16-10-3-8-9(4-11(10)17-2)15-6-7(5-14)12(8)13/h1-8,16,22H,9-14H2;1-8,16,22H,9-14,20H2;1-8,13H,9-10H2;3-4,6H,1-2H3. The van der Waals surface area contributed by atoms with E-state index >= 15 is 0 Å². The van der Waals surface area contributed by atoms with Crippen LogP contribution >= 0.6 is 11.6 Å². The summed E-state index contributed by atoms with van der Waals surface area (Å²) in [5.74, 6) is 6.14. The molecule has 3 aliphatic rings. The monoisotopic (exact) mass is 1250 g/mol. The Morgan fingerprint density at radius 2 is 1.00 bits per heavy atom. The van der Waals surface area contributed by atoms with Gasteiger partial charge in [0, 0.05) is 86.9 Å². The van der Waals surface area contributed by atoms with Crippen molar-refractivity contribution in [3.8, 4) is 69.3 Å². The van der Waals surface area contributed by atoms with E-state index in [0.29, 0.717) is 137 Å². The van der Waals surface area contributed by atoms with E-state index in [4.69, 9.17) is 74.7 Å². The van der Waals surface area contributed by atoms with Crippen molar-refractivity contribution in [3.63, 3.8) is 0 Å². The second kappa shape index (κ2) is 34.3. The number of halogens is 1. The van der Waals surface area contributed by atoms with Crippen molar-refractivity contribution < 1.29 is 72.2 Å². The van der Waals surface area contributed by atoms with Gasteiger partial charge in [0.05, 0.1) is 73.2 Å². The number of para-hydroxylation sites is 6. The molecule has 0 bridgehead atoms. The third kappa shape index (κ3) is 20.8. The van der Waals surface area contributed by atoms with Gasteiger partial charge < -0.3 is 68.1 Å². The number of benzene rings is 7. The lowest BCUT2D eigenvalue weighted by Gasteiger charge is -2.28. The molecule has 11 rings (SSSR count). The number of nitrogens with two attached hydrogens (primary N) is 1. The molecule has 3 saturated heterocycles. The number of β-amino-alcohol motifs (C(OH)–C–C–N with tert-alkyl or cyclic N) is 2. The number of pyridine rings is 1. The first-order valence-corrected chi connectivity index (χ1v) is 28.8. The Balaban J connectivity index is 0.000000157. The summed E-state index contributed by atoms with van der Waals surface area (Å²) >= 11 is 6.11. The van der Waals surface area contributed by atoms with Crippen molar-refractivity contribution in [2.75, 3.05) is 112 Å². The van der Waals surface area contributed by atoms with Gasteiger partial charge in [0.1, 0.15) is 61.5 Å². The summed E-state index contributed by atoms with van der Waals surface area (Å²) < 4.78 is 60.5. The zero-order valence-corrected chi connectivity index (χ0v) is 50.1. The molecule has 0 spiro atoms. The molecule has 3 unspecified atom stereocenters. The molecular weight excluding hydrogens is 1190 g/mol. The third-order valence-electron chi connectivity index (χ3n) is 13.5. The molecule has 472 valence electrons. The van der Waals surface area contributed by atoms with E-state index < -0.39 is 22.1 Å². The van der Waals surface area contributed by atoms with E-state index in [9.17, 15) is 30.4 Å². The van der Waals surface area contributed by atoms with E-state index in [1.165, 1.54) is 42.6 Å². The van der Waals surface area contributed by atoms with E-state index in [0.717, 1.165) is 32.8 Å². The second-order valence-electron chi connectivity index (χ2n) is 20.1. The fraction of sp³-hybridized carbons (Fsp3) is 0.292. The van der Waals surface area contributed by atoms with Crippen molar-refractivity contribution in [1.82, 2.24) is 14.8 Å². The number of aliphatic hydroxyl groups is 2. The number of methoxy groups -OCH3 is 2. The van der Waals surface area contributed by atoms with Crippen LogP contribution in [0, 0.1) is 31.6 Å². The predicted octanol–water partition coefficient (Wildman–Crippen LogP) is 10.5. The Hall–Kier alpha value is -9.55. The number of hydrogen-bond donors (Lipinski definition) is 3. The van der Waals surface area contributed by atoms with Crippen LogP contribution in [0.1, 0.15) is 5.56 Å². The lowest BCUT2D eigenvalue weighted by Crippen LogP contribution is -2.42. The van der Waals surface area contributed by atoms with Crippen molar-refractivity contribution in [2.24, 2.45) is 0 Å². The zero-order chi connectivity index (χ0) is 63.6. The third-order valence-corrected chi connectivity index (χ3v) is 13.9. The minimum Gasteiger partial charge on any atom is -0.493 e. The van der Waals surface area contributed by atoms with Gasteiger partial charge in [0.15, 0.2) is 46.0 Å². The summed E-state index contributed by atoms with van der Waals surface area (Å²) in [4.78, 5) is 28.9. The number of fused-ring (bicyclic) bond motifs is 1. The van der Waals surface area contributed by atoms with Crippen molar-refractivity contribution in [2.45, 2.75) is 18.3 Å². The maximum atomic E-state index is 10.7. The van der Waals surface area contributed by atoms with Gasteiger partial charge in [-0.05, 0) is 91.0 Å². The topological polar surface area (TPSA) is 301 Å². The van der Waals surface area contributed by atoms with E-state index in [-0.39, 0.29) is 30.7 Å². The van der Waals surface area contributed by atoms with Crippen LogP contribution in [-0.4, -0.2) is 159 Å². The molecule has 25 heteroatoms. The fourth-order valence-corrected chi connectivity index (χ4v) is 8.94. The highest BCUT2D eigenvalue weighted by atomic mass is 35.5. The van der Waals surface area contributed by atoms with Crippen molar-refractivity contribution >= 4 is 39.6 Å². The van der Waals surface area contributed by atoms with Crippen LogP contribution in [0.2, 0.25) is 5.02 Å². The maximum Gasteiger partial charge on any atom is 0.269 e. The largest absolute Gasteiger partial charge is 0.493 e. The first kappa shape index (κ1) is 66.4. The number of hydrogen-bond acceptors (Lipinski definition) is 22.